The lowest BCUT2D eigenvalue weighted by Crippen LogP contribution is -2.07. The van der Waals surface area contributed by atoms with Crippen molar-refractivity contribution in [3.63, 3.8) is 0 Å². The molecule has 2 aromatic carbocycles. The average molecular weight is 330 g/mol. The third-order valence-electron chi connectivity index (χ3n) is 6.48. The van der Waals surface area contributed by atoms with Crippen molar-refractivity contribution in [2.45, 2.75) is 34.2 Å². The summed E-state index contributed by atoms with van der Waals surface area (Å²) < 4.78 is 2.19. The second kappa shape index (κ2) is 5.32. The minimum atomic E-state index is 0.0581. The van der Waals surface area contributed by atoms with Gasteiger partial charge in [0.2, 0.25) is 0 Å². The molecule has 0 spiro atoms. The molecule has 0 saturated heterocycles. The molecule has 1 radical (unpaired) electrons. The number of carbonyl (C=O) groups is 1. The van der Waals surface area contributed by atoms with Crippen LogP contribution in [0.15, 0.2) is 54.7 Å². The monoisotopic (exact) mass is 330 g/mol. The zero-order valence-corrected chi connectivity index (χ0v) is 15.3. The molecule has 0 atom stereocenters. The number of ketones is 1. The van der Waals surface area contributed by atoms with Gasteiger partial charge in [0.1, 0.15) is 0 Å². The van der Waals surface area contributed by atoms with Gasteiger partial charge >= 0.3 is 0 Å². The van der Waals surface area contributed by atoms with Gasteiger partial charge in [-0.3, -0.25) is 4.79 Å². The van der Waals surface area contributed by atoms with Crippen LogP contribution in [-0.2, 0) is 6.54 Å². The van der Waals surface area contributed by atoms with Crippen molar-refractivity contribution in [1.29, 1.82) is 0 Å². The van der Waals surface area contributed by atoms with Crippen LogP contribution in [0.1, 0.15) is 43.6 Å². The molecule has 25 heavy (non-hydrogen) atoms. The number of para-hydroxylation sites is 1. The molecule has 1 saturated carbocycles. The normalized spacial score (nSPS) is 18.4. The number of aromatic nitrogens is 1. The van der Waals surface area contributed by atoms with Crippen molar-refractivity contribution < 1.29 is 4.79 Å². The quantitative estimate of drug-likeness (QED) is 0.591. The van der Waals surface area contributed by atoms with Gasteiger partial charge in [0.05, 0.1) is 0 Å². The first-order chi connectivity index (χ1) is 11.8. The number of hydrogen-bond donors (Lipinski definition) is 0. The first kappa shape index (κ1) is 16.1. The number of carbonyl (C=O) groups excluding carboxylic acids is 1. The van der Waals surface area contributed by atoms with E-state index in [1.807, 2.05) is 30.5 Å². The number of Topliss-reactive ketones (excluding diaryl/α,β-unsaturated/α-hetero) is 1. The summed E-state index contributed by atoms with van der Waals surface area (Å²) in [7, 11) is 0. The predicted octanol–water partition coefficient (Wildman–Crippen LogP) is 5.35. The highest BCUT2D eigenvalue weighted by Gasteiger charge is 2.68. The van der Waals surface area contributed by atoms with E-state index < -0.39 is 0 Å². The Hall–Kier alpha value is -2.35. The summed E-state index contributed by atoms with van der Waals surface area (Å²) in [6.45, 7) is 9.58. The van der Waals surface area contributed by atoms with Crippen LogP contribution < -0.4 is 0 Å². The SMILES string of the molecule is CC1(C)C(C(=O)c2cn(Cc3cc[c]cc3)c3ccccc23)C1(C)C. The largest absolute Gasteiger partial charge is 0.342 e. The summed E-state index contributed by atoms with van der Waals surface area (Å²) in [5, 5.41) is 1.06. The summed E-state index contributed by atoms with van der Waals surface area (Å²) in [5.41, 5.74) is 3.31. The Bertz CT molecular complexity index is 933. The van der Waals surface area contributed by atoms with E-state index in [9.17, 15) is 4.79 Å². The first-order valence-corrected chi connectivity index (χ1v) is 8.91. The summed E-state index contributed by atoms with van der Waals surface area (Å²) in [6, 6.07) is 19.3. The first-order valence-electron chi connectivity index (χ1n) is 8.91. The van der Waals surface area contributed by atoms with Gasteiger partial charge in [0, 0.05) is 35.1 Å². The van der Waals surface area contributed by atoms with Crippen LogP contribution in [0.2, 0.25) is 0 Å². The lowest BCUT2D eigenvalue weighted by Gasteiger charge is -2.05. The predicted molar refractivity (Wildman–Crippen MR) is 102 cm³/mol. The van der Waals surface area contributed by atoms with Crippen molar-refractivity contribution in [3.05, 3.63) is 71.9 Å². The van der Waals surface area contributed by atoms with Gasteiger partial charge < -0.3 is 4.57 Å². The van der Waals surface area contributed by atoms with Gasteiger partial charge in [0.25, 0.3) is 0 Å². The van der Waals surface area contributed by atoms with Crippen molar-refractivity contribution in [3.8, 4) is 0 Å². The zero-order valence-electron chi connectivity index (χ0n) is 15.3. The molecule has 0 unspecified atom stereocenters. The average Bonchev–Trinajstić information content (AvgIpc) is 2.86. The minimum absolute atomic E-state index is 0.0581. The molecule has 0 N–H and O–H groups in total. The van der Waals surface area contributed by atoms with Crippen LogP contribution >= 0.6 is 0 Å². The Labute approximate surface area is 149 Å². The van der Waals surface area contributed by atoms with E-state index >= 15 is 0 Å². The molecule has 1 heterocycles. The molecule has 1 aliphatic rings. The van der Waals surface area contributed by atoms with Gasteiger partial charge in [-0.25, -0.2) is 0 Å². The maximum atomic E-state index is 13.3. The van der Waals surface area contributed by atoms with Crippen LogP contribution in [0.4, 0.5) is 0 Å². The Balaban J connectivity index is 1.77. The standard InChI is InChI=1S/C23H24NO/c1-22(2)21(23(22,3)4)20(25)18-15-24(14-16-10-6-5-7-11-16)19-13-9-8-12-17(18)19/h6-13,15,21H,14H2,1-4H3. The Morgan fingerprint density at radius 1 is 1.04 bits per heavy atom. The second-order valence-electron chi connectivity index (χ2n) is 8.34. The van der Waals surface area contributed by atoms with Gasteiger partial charge in [-0.2, -0.15) is 0 Å². The van der Waals surface area contributed by atoms with Gasteiger partial charge in [-0.15, -0.1) is 0 Å². The lowest BCUT2D eigenvalue weighted by atomic mass is 10.0. The Morgan fingerprint density at radius 3 is 2.32 bits per heavy atom. The molecule has 1 aromatic heterocycles. The van der Waals surface area contributed by atoms with E-state index in [2.05, 4.69) is 62.6 Å². The number of rotatable bonds is 4. The molecular weight excluding hydrogens is 306 g/mol. The summed E-state index contributed by atoms with van der Waals surface area (Å²) in [4.78, 5) is 13.3. The molecule has 2 heteroatoms. The second-order valence-corrected chi connectivity index (χ2v) is 8.34. The topological polar surface area (TPSA) is 22.0 Å². The third kappa shape index (κ3) is 2.35. The van der Waals surface area contributed by atoms with Crippen molar-refractivity contribution >= 4 is 16.7 Å². The number of hydrogen-bond acceptors (Lipinski definition) is 1. The Morgan fingerprint density at radius 2 is 1.68 bits per heavy atom. The fourth-order valence-corrected chi connectivity index (χ4v) is 4.30. The number of fused-ring (bicyclic) bond motifs is 1. The van der Waals surface area contributed by atoms with Crippen LogP contribution in [0, 0.1) is 22.8 Å². The van der Waals surface area contributed by atoms with Crippen LogP contribution in [0.3, 0.4) is 0 Å². The Kier molecular flexibility index (Phi) is 3.44. The van der Waals surface area contributed by atoms with Crippen LogP contribution in [0.5, 0.6) is 0 Å². The fourth-order valence-electron chi connectivity index (χ4n) is 4.30. The highest BCUT2D eigenvalue weighted by molar-refractivity contribution is 6.11. The van der Waals surface area contributed by atoms with Gasteiger partial charge in [-0.1, -0.05) is 70.2 Å². The van der Waals surface area contributed by atoms with Crippen molar-refractivity contribution in [2.24, 2.45) is 16.7 Å². The van der Waals surface area contributed by atoms with E-state index in [1.165, 1.54) is 5.56 Å². The molecule has 0 bridgehead atoms. The van der Waals surface area contributed by atoms with E-state index in [-0.39, 0.29) is 22.5 Å². The molecule has 0 amide bonds. The molecule has 1 fully saturated rings. The van der Waals surface area contributed by atoms with Crippen LogP contribution in [-0.4, -0.2) is 10.4 Å². The van der Waals surface area contributed by atoms with Crippen molar-refractivity contribution in [2.75, 3.05) is 0 Å². The smallest absolute Gasteiger partial charge is 0.169 e. The van der Waals surface area contributed by atoms with E-state index in [0.29, 0.717) is 0 Å². The maximum absolute atomic E-state index is 13.3. The van der Waals surface area contributed by atoms with E-state index in [1.54, 1.807) is 0 Å². The zero-order chi connectivity index (χ0) is 17.8. The molecule has 2 nitrogen and oxygen atoms in total. The fraction of sp³-hybridized carbons (Fsp3) is 0.348. The molecule has 127 valence electrons. The molecule has 4 rings (SSSR count). The molecule has 1 aliphatic carbocycles. The minimum Gasteiger partial charge on any atom is -0.342 e. The highest BCUT2D eigenvalue weighted by atomic mass is 16.1. The summed E-state index contributed by atoms with van der Waals surface area (Å²) >= 11 is 0. The molecule has 0 aliphatic heterocycles. The molecular formula is C23H24NO. The van der Waals surface area contributed by atoms with E-state index in [0.717, 1.165) is 23.0 Å². The van der Waals surface area contributed by atoms with Crippen molar-refractivity contribution in [1.82, 2.24) is 4.57 Å². The summed E-state index contributed by atoms with van der Waals surface area (Å²) in [5.74, 6) is 0.372. The van der Waals surface area contributed by atoms with Gasteiger partial charge in [-0.05, 0) is 28.5 Å². The summed E-state index contributed by atoms with van der Waals surface area (Å²) in [6.07, 6.45) is 2.05. The lowest BCUT2D eigenvalue weighted by molar-refractivity contribution is 0.0946. The highest BCUT2D eigenvalue weighted by Crippen LogP contribution is 2.69. The third-order valence-corrected chi connectivity index (χ3v) is 6.48. The number of nitrogens with zero attached hydrogens (tertiary/aromatic N) is 1. The maximum Gasteiger partial charge on any atom is 0.169 e. The van der Waals surface area contributed by atoms with E-state index in [4.69, 9.17) is 0 Å². The molecule has 3 aromatic rings. The van der Waals surface area contributed by atoms with Gasteiger partial charge in [0.15, 0.2) is 5.78 Å². The number of benzene rings is 2. The van der Waals surface area contributed by atoms with Crippen LogP contribution in [0.25, 0.3) is 10.9 Å².